The molecule has 1 aliphatic rings. The molecule has 2 aromatic heterocycles. The Morgan fingerprint density at radius 2 is 2.09 bits per heavy atom. The van der Waals surface area contributed by atoms with E-state index in [1.165, 1.54) is 0 Å². The predicted octanol–water partition coefficient (Wildman–Crippen LogP) is 3.25. The van der Waals surface area contributed by atoms with Gasteiger partial charge in [0.1, 0.15) is 0 Å². The van der Waals surface area contributed by atoms with Crippen molar-refractivity contribution >= 4 is 5.91 Å². The molecule has 7 nitrogen and oxygen atoms in total. The maximum absolute atomic E-state index is 12.9. The van der Waals surface area contributed by atoms with E-state index in [2.05, 4.69) is 15.3 Å². The highest BCUT2D eigenvalue weighted by Gasteiger charge is 2.32. The summed E-state index contributed by atoms with van der Waals surface area (Å²) in [6, 6.07) is 1.56. The summed E-state index contributed by atoms with van der Waals surface area (Å²) in [6.07, 6.45) is 3.92. The second kappa shape index (κ2) is 6.52. The van der Waals surface area contributed by atoms with E-state index in [0.717, 1.165) is 31.4 Å². The molecular weight excluding hydrogens is 296 g/mol. The highest BCUT2D eigenvalue weighted by Crippen LogP contribution is 2.30. The second-order valence-corrected chi connectivity index (χ2v) is 6.31. The summed E-state index contributed by atoms with van der Waals surface area (Å²) in [6.45, 7) is 6.45. The number of amides is 1. The monoisotopic (exact) mass is 318 g/mol. The molecule has 1 fully saturated rings. The van der Waals surface area contributed by atoms with Crippen molar-refractivity contribution in [2.45, 2.75) is 58.4 Å². The molecule has 0 aromatic carbocycles. The van der Waals surface area contributed by atoms with Crippen LogP contribution in [0.25, 0.3) is 0 Å². The van der Waals surface area contributed by atoms with Crippen LogP contribution in [0.4, 0.5) is 0 Å². The molecule has 124 valence electrons. The first kappa shape index (κ1) is 15.7. The average Bonchev–Trinajstić information content (AvgIpc) is 3.10. The van der Waals surface area contributed by atoms with E-state index in [9.17, 15) is 4.79 Å². The van der Waals surface area contributed by atoms with E-state index < -0.39 is 0 Å². The van der Waals surface area contributed by atoms with Crippen LogP contribution in [0.2, 0.25) is 0 Å². The van der Waals surface area contributed by atoms with Gasteiger partial charge in [-0.2, -0.15) is 4.98 Å². The van der Waals surface area contributed by atoms with Gasteiger partial charge in [-0.15, -0.1) is 0 Å². The smallest absolute Gasteiger partial charge is 0.293 e. The van der Waals surface area contributed by atoms with Crippen molar-refractivity contribution in [1.29, 1.82) is 0 Å². The van der Waals surface area contributed by atoms with E-state index >= 15 is 0 Å². The quantitative estimate of drug-likeness (QED) is 0.863. The molecule has 3 rings (SSSR count). The molecule has 0 saturated carbocycles. The molecule has 0 aliphatic carbocycles. The lowest BCUT2D eigenvalue weighted by atomic mass is 10.1. The van der Waals surface area contributed by atoms with Crippen molar-refractivity contribution in [3.63, 3.8) is 0 Å². The molecule has 1 aliphatic heterocycles. The van der Waals surface area contributed by atoms with E-state index in [1.54, 1.807) is 17.9 Å². The molecule has 2 aromatic rings. The van der Waals surface area contributed by atoms with Crippen molar-refractivity contribution in [1.82, 2.24) is 20.2 Å². The van der Waals surface area contributed by atoms with Crippen molar-refractivity contribution in [2.75, 3.05) is 6.54 Å². The minimum absolute atomic E-state index is 0.154. The Labute approximate surface area is 135 Å². The van der Waals surface area contributed by atoms with Crippen LogP contribution in [-0.4, -0.2) is 32.6 Å². The summed E-state index contributed by atoms with van der Waals surface area (Å²) < 4.78 is 10.4. The van der Waals surface area contributed by atoms with E-state index in [1.807, 2.05) is 13.8 Å². The first-order chi connectivity index (χ1) is 11.1. The molecule has 0 radical (unpaired) electrons. The Morgan fingerprint density at radius 1 is 1.26 bits per heavy atom. The number of hydrogen-bond donors (Lipinski definition) is 0. The molecule has 23 heavy (non-hydrogen) atoms. The summed E-state index contributed by atoms with van der Waals surface area (Å²) in [7, 11) is 0. The number of rotatable bonds is 3. The van der Waals surface area contributed by atoms with Crippen LogP contribution < -0.4 is 0 Å². The molecule has 1 saturated heterocycles. The number of carbonyl (C=O) groups excluding carboxylic acids is 1. The van der Waals surface area contributed by atoms with E-state index in [-0.39, 0.29) is 23.6 Å². The highest BCUT2D eigenvalue weighted by atomic mass is 16.5. The molecule has 0 spiro atoms. The van der Waals surface area contributed by atoms with Gasteiger partial charge < -0.3 is 13.9 Å². The molecule has 0 unspecified atom stereocenters. The van der Waals surface area contributed by atoms with Crippen LogP contribution in [-0.2, 0) is 0 Å². The van der Waals surface area contributed by atoms with Crippen LogP contribution in [0.1, 0.15) is 79.5 Å². The normalized spacial score (nSPS) is 19.1. The van der Waals surface area contributed by atoms with Gasteiger partial charge in [-0.25, -0.2) is 0 Å². The minimum Gasteiger partial charge on any atom is -0.351 e. The lowest BCUT2D eigenvalue weighted by Gasteiger charge is -2.26. The Morgan fingerprint density at radius 3 is 2.74 bits per heavy atom. The van der Waals surface area contributed by atoms with Crippen LogP contribution in [0.15, 0.2) is 15.1 Å². The topological polar surface area (TPSA) is 85.3 Å². The minimum atomic E-state index is -0.171. The second-order valence-electron chi connectivity index (χ2n) is 6.31. The third kappa shape index (κ3) is 3.28. The predicted molar refractivity (Wildman–Crippen MR) is 81.9 cm³/mol. The number of likely N-dealkylation sites (tertiary alicyclic amines) is 1. The van der Waals surface area contributed by atoms with Crippen molar-refractivity contribution < 1.29 is 13.8 Å². The molecule has 7 heteroatoms. The number of hydrogen-bond acceptors (Lipinski definition) is 6. The third-order valence-electron chi connectivity index (χ3n) is 4.19. The Hall–Kier alpha value is -2.18. The summed E-state index contributed by atoms with van der Waals surface area (Å²) >= 11 is 0. The molecule has 1 atom stereocenters. The van der Waals surface area contributed by atoms with Gasteiger partial charge in [0.25, 0.3) is 5.91 Å². The number of aryl methyl sites for hydroxylation is 1. The number of carbonyl (C=O) groups is 1. The average molecular weight is 318 g/mol. The largest absolute Gasteiger partial charge is 0.351 e. The Balaban J connectivity index is 1.87. The van der Waals surface area contributed by atoms with Crippen LogP contribution >= 0.6 is 0 Å². The summed E-state index contributed by atoms with van der Waals surface area (Å²) in [5.41, 5.74) is 0.787. The molecule has 3 heterocycles. The van der Waals surface area contributed by atoms with Gasteiger partial charge in [-0.3, -0.25) is 4.79 Å². The molecule has 0 bridgehead atoms. The fourth-order valence-corrected chi connectivity index (χ4v) is 2.87. The summed E-state index contributed by atoms with van der Waals surface area (Å²) in [4.78, 5) is 19.0. The summed E-state index contributed by atoms with van der Waals surface area (Å²) in [5.74, 6) is 1.43. The first-order valence-corrected chi connectivity index (χ1v) is 8.14. The zero-order valence-corrected chi connectivity index (χ0v) is 13.8. The Bertz CT molecular complexity index is 676. The standard InChI is InChI=1S/C16H22N4O3/c1-10(2)12-9-14(23-18-12)16(21)20-8-6-4-5-7-13(20)15-17-11(3)22-19-15/h9-10,13H,4-8H2,1-3H3/t13-/m1/s1. The lowest BCUT2D eigenvalue weighted by Crippen LogP contribution is -2.35. The van der Waals surface area contributed by atoms with Crippen LogP contribution in [0, 0.1) is 6.92 Å². The van der Waals surface area contributed by atoms with Gasteiger partial charge >= 0.3 is 0 Å². The molecule has 1 amide bonds. The van der Waals surface area contributed by atoms with Crippen molar-refractivity contribution in [3.05, 3.63) is 29.2 Å². The maximum atomic E-state index is 12.9. The van der Waals surface area contributed by atoms with Gasteiger partial charge in [0.15, 0.2) is 5.82 Å². The van der Waals surface area contributed by atoms with Gasteiger partial charge in [0.2, 0.25) is 11.7 Å². The van der Waals surface area contributed by atoms with E-state index in [0.29, 0.717) is 18.3 Å². The molecular formula is C16H22N4O3. The van der Waals surface area contributed by atoms with Gasteiger partial charge in [0.05, 0.1) is 11.7 Å². The van der Waals surface area contributed by atoms with Crippen LogP contribution in [0.3, 0.4) is 0 Å². The third-order valence-corrected chi connectivity index (χ3v) is 4.19. The van der Waals surface area contributed by atoms with Crippen molar-refractivity contribution in [3.8, 4) is 0 Å². The lowest BCUT2D eigenvalue weighted by molar-refractivity contribution is 0.0627. The first-order valence-electron chi connectivity index (χ1n) is 8.14. The fourth-order valence-electron chi connectivity index (χ4n) is 2.87. The summed E-state index contributed by atoms with van der Waals surface area (Å²) in [5, 5.41) is 8.00. The number of aromatic nitrogens is 3. The fraction of sp³-hybridized carbons (Fsp3) is 0.625. The van der Waals surface area contributed by atoms with Gasteiger partial charge in [0, 0.05) is 19.5 Å². The number of nitrogens with zero attached hydrogens (tertiary/aromatic N) is 4. The van der Waals surface area contributed by atoms with Crippen LogP contribution in [0.5, 0.6) is 0 Å². The highest BCUT2D eigenvalue weighted by molar-refractivity contribution is 5.91. The van der Waals surface area contributed by atoms with Gasteiger partial charge in [-0.1, -0.05) is 37.0 Å². The maximum Gasteiger partial charge on any atom is 0.293 e. The zero-order valence-electron chi connectivity index (χ0n) is 13.8. The van der Waals surface area contributed by atoms with E-state index in [4.69, 9.17) is 9.05 Å². The SMILES string of the molecule is Cc1nc([C@H]2CCCCCN2C(=O)c2cc(C(C)C)no2)no1. The molecule has 0 N–H and O–H groups in total. The zero-order chi connectivity index (χ0) is 16.4. The van der Waals surface area contributed by atoms with Gasteiger partial charge in [-0.05, 0) is 18.8 Å². The Kier molecular flexibility index (Phi) is 4.45. The van der Waals surface area contributed by atoms with Crippen molar-refractivity contribution in [2.24, 2.45) is 0 Å².